The zero-order chi connectivity index (χ0) is 25.8. The van der Waals surface area contributed by atoms with Gasteiger partial charge >= 0.3 is 11.9 Å². The zero-order valence-corrected chi connectivity index (χ0v) is 21.8. The number of esters is 2. The van der Waals surface area contributed by atoms with Gasteiger partial charge in [0.05, 0.1) is 5.60 Å². The van der Waals surface area contributed by atoms with Crippen LogP contribution in [0.4, 0.5) is 0 Å². The lowest BCUT2D eigenvalue weighted by molar-refractivity contribution is -0.153. The van der Waals surface area contributed by atoms with Crippen LogP contribution < -0.4 is 0 Å². The van der Waals surface area contributed by atoms with E-state index in [-0.39, 0.29) is 58.8 Å². The number of fused-ring (bicyclic) bond motifs is 6. The maximum Gasteiger partial charge on any atom is 0.333 e. The molecule has 1 unspecified atom stereocenters. The molecule has 0 aromatic heterocycles. The molecule has 0 bridgehead atoms. The van der Waals surface area contributed by atoms with Gasteiger partial charge in [-0.2, -0.15) is 0 Å². The summed E-state index contributed by atoms with van der Waals surface area (Å²) in [5.41, 5.74) is 1.49. The molecule has 0 radical (unpaired) electrons. The van der Waals surface area contributed by atoms with Gasteiger partial charge in [-0.15, -0.1) is 0 Å². The SMILES string of the molecule is CC1=C[C@@H]2CC3=C(C(=O)C[C@]4(C)[C@H]3C[C@@]3(O)C=C5C=CC(=O)OC(C)(C)C5CC[C@@H]43)[C@H](C)[C@H]2OC1=O. The quantitative estimate of drug-likeness (QED) is 0.505. The molecular weight excluding hydrogens is 456 g/mol. The van der Waals surface area contributed by atoms with E-state index in [9.17, 15) is 19.5 Å². The Balaban J connectivity index is 1.43. The van der Waals surface area contributed by atoms with Crippen LogP contribution in [0.15, 0.2) is 46.6 Å². The van der Waals surface area contributed by atoms with Gasteiger partial charge in [0.2, 0.25) is 0 Å². The lowest BCUT2D eigenvalue weighted by Gasteiger charge is -2.48. The first-order valence-electron chi connectivity index (χ1n) is 13.4. The number of hydrogen-bond donors (Lipinski definition) is 1. The highest BCUT2D eigenvalue weighted by atomic mass is 16.6. The zero-order valence-electron chi connectivity index (χ0n) is 21.8. The van der Waals surface area contributed by atoms with Crippen LogP contribution in [0.25, 0.3) is 0 Å². The second-order valence-electron chi connectivity index (χ2n) is 12.9. The van der Waals surface area contributed by atoms with E-state index in [0.29, 0.717) is 24.8 Å². The van der Waals surface area contributed by atoms with Gasteiger partial charge in [-0.1, -0.05) is 31.6 Å². The summed E-state index contributed by atoms with van der Waals surface area (Å²) in [6.07, 6.45) is 10.2. The minimum absolute atomic E-state index is 0.00792. The van der Waals surface area contributed by atoms with E-state index in [4.69, 9.17) is 9.47 Å². The van der Waals surface area contributed by atoms with Gasteiger partial charge < -0.3 is 14.6 Å². The molecule has 6 rings (SSSR count). The van der Waals surface area contributed by atoms with Crippen LogP contribution in [-0.4, -0.2) is 40.1 Å². The number of ether oxygens (including phenoxy) is 2. The average molecular weight is 493 g/mol. The maximum atomic E-state index is 13.7. The average Bonchev–Trinajstić information content (AvgIpc) is 2.86. The first kappa shape index (κ1) is 23.9. The predicted molar refractivity (Wildman–Crippen MR) is 132 cm³/mol. The minimum atomic E-state index is -1.06. The van der Waals surface area contributed by atoms with Crippen LogP contribution >= 0.6 is 0 Å². The number of carbonyl (C=O) groups is 3. The Hall–Kier alpha value is -2.47. The molecule has 2 heterocycles. The van der Waals surface area contributed by atoms with Crippen LogP contribution in [0.3, 0.4) is 0 Å². The molecule has 6 nitrogen and oxygen atoms in total. The van der Waals surface area contributed by atoms with Crippen molar-refractivity contribution in [3.8, 4) is 0 Å². The van der Waals surface area contributed by atoms with Crippen LogP contribution in [0.2, 0.25) is 0 Å². The van der Waals surface area contributed by atoms with Gasteiger partial charge in [-0.25, -0.2) is 9.59 Å². The Morgan fingerprint density at radius 1 is 1.06 bits per heavy atom. The van der Waals surface area contributed by atoms with Crippen molar-refractivity contribution < 1.29 is 29.0 Å². The summed E-state index contributed by atoms with van der Waals surface area (Å²) in [6, 6.07) is 0. The fraction of sp³-hybridized carbons (Fsp3) is 0.633. The number of allylic oxidation sites excluding steroid dienone is 2. The first-order valence-corrected chi connectivity index (χ1v) is 13.4. The summed E-state index contributed by atoms with van der Waals surface area (Å²) in [4.78, 5) is 38.2. The van der Waals surface area contributed by atoms with E-state index >= 15 is 0 Å². The van der Waals surface area contributed by atoms with Gasteiger partial charge in [-0.05, 0) is 75.4 Å². The smallest absolute Gasteiger partial charge is 0.333 e. The molecule has 8 atom stereocenters. The van der Waals surface area contributed by atoms with Crippen molar-refractivity contribution in [2.75, 3.05) is 0 Å². The second-order valence-corrected chi connectivity index (χ2v) is 12.9. The summed E-state index contributed by atoms with van der Waals surface area (Å²) < 4.78 is 11.5. The third-order valence-electron chi connectivity index (χ3n) is 10.4. The van der Waals surface area contributed by atoms with Crippen LogP contribution in [0.5, 0.6) is 0 Å². The largest absolute Gasteiger partial charge is 0.458 e. The summed E-state index contributed by atoms with van der Waals surface area (Å²) in [5.74, 6) is -0.587. The number of rotatable bonds is 0. The standard InChI is InChI=1S/C30H36O6/c1-15-10-18-11-19-21-13-30(34)12-17-6-9-24(32)36-28(3,4)20(17)7-8-23(30)29(21,5)14-22(31)25(19)16(2)26(18)35-27(15)33/h6,9-10,12,16,18,20-21,23,26,34H,7-8,11,13-14H2,1-5H3/t16-,18+,20?,21-,23-,26+,29+,30-/m0/s1. The first-order chi connectivity index (χ1) is 16.8. The Kier molecular flexibility index (Phi) is 5.00. The molecule has 6 heteroatoms. The number of Topliss-reactive ketones (excluding diaryl/α,β-unsaturated/α-hetero) is 1. The predicted octanol–water partition coefficient (Wildman–Crippen LogP) is 4.39. The van der Waals surface area contributed by atoms with E-state index in [0.717, 1.165) is 29.6 Å². The Morgan fingerprint density at radius 3 is 2.56 bits per heavy atom. The van der Waals surface area contributed by atoms with E-state index in [1.54, 1.807) is 6.92 Å². The van der Waals surface area contributed by atoms with Gasteiger partial charge in [0.1, 0.15) is 11.7 Å². The van der Waals surface area contributed by atoms with Crippen molar-refractivity contribution in [2.24, 2.45) is 35.0 Å². The van der Waals surface area contributed by atoms with Crippen molar-refractivity contribution >= 4 is 17.7 Å². The number of aliphatic hydroxyl groups is 1. The van der Waals surface area contributed by atoms with Crippen molar-refractivity contribution in [1.82, 2.24) is 0 Å². The molecule has 36 heavy (non-hydrogen) atoms. The van der Waals surface area contributed by atoms with E-state index in [1.165, 1.54) is 6.08 Å². The molecule has 2 aliphatic heterocycles. The number of ketones is 1. The molecule has 6 aliphatic rings. The Bertz CT molecular complexity index is 1200. The molecule has 0 spiro atoms. The summed E-state index contributed by atoms with van der Waals surface area (Å²) >= 11 is 0. The number of cyclic esters (lactones) is 1. The number of hydrogen-bond acceptors (Lipinski definition) is 6. The van der Waals surface area contributed by atoms with Crippen LogP contribution in [0, 0.1) is 35.0 Å². The minimum Gasteiger partial charge on any atom is -0.458 e. The molecule has 1 fully saturated rings. The normalized spacial score (nSPS) is 45.0. The van der Waals surface area contributed by atoms with Crippen molar-refractivity contribution in [2.45, 2.75) is 84.0 Å². The molecule has 0 saturated heterocycles. The highest BCUT2D eigenvalue weighted by Crippen LogP contribution is 2.65. The fourth-order valence-corrected chi connectivity index (χ4v) is 8.81. The van der Waals surface area contributed by atoms with Gasteiger partial charge in [0, 0.05) is 41.4 Å². The molecule has 0 aromatic rings. The molecular formula is C30H36O6. The third-order valence-corrected chi connectivity index (χ3v) is 10.4. The Morgan fingerprint density at radius 2 is 1.81 bits per heavy atom. The molecule has 0 aromatic carbocycles. The highest BCUT2D eigenvalue weighted by molar-refractivity contribution is 5.99. The lowest BCUT2D eigenvalue weighted by Crippen LogP contribution is -2.48. The fourth-order valence-electron chi connectivity index (χ4n) is 8.81. The summed E-state index contributed by atoms with van der Waals surface area (Å²) in [7, 11) is 0. The molecule has 4 aliphatic carbocycles. The third kappa shape index (κ3) is 3.22. The molecule has 0 amide bonds. The van der Waals surface area contributed by atoms with Crippen LogP contribution in [0.1, 0.15) is 66.7 Å². The van der Waals surface area contributed by atoms with Crippen molar-refractivity contribution in [3.05, 3.63) is 46.6 Å². The monoisotopic (exact) mass is 492 g/mol. The number of carbonyl (C=O) groups excluding carboxylic acids is 3. The highest BCUT2D eigenvalue weighted by Gasteiger charge is 2.64. The second kappa shape index (κ2) is 7.53. The van der Waals surface area contributed by atoms with E-state index in [2.05, 4.69) is 6.92 Å². The van der Waals surface area contributed by atoms with Crippen molar-refractivity contribution in [1.29, 1.82) is 0 Å². The summed E-state index contributed by atoms with van der Waals surface area (Å²) in [6.45, 7) is 9.89. The topological polar surface area (TPSA) is 89.9 Å². The van der Waals surface area contributed by atoms with Gasteiger partial charge in [0.25, 0.3) is 0 Å². The molecule has 1 N–H and O–H groups in total. The van der Waals surface area contributed by atoms with Crippen molar-refractivity contribution in [3.63, 3.8) is 0 Å². The van der Waals surface area contributed by atoms with E-state index < -0.39 is 11.2 Å². The maximum absolute atomic E-state index is 13.7. The molecule has 192 valence electrons. The summed E-state index contributed by atoms with van der Waals surface area (Å²) in [5, 5.41) is 12.3. The van der Waals surface area contributed by atoms with Gasteiger partial charge in [0.15, 0.2) is 5.78 Å². The lowest BCUT2D eigenvalue weighted by atomic mass is 9.56. The Labute approximate surface area is 212 Å². The van der Waals surface area contributed by atoms with Crippen LogP contribution in [-0.2, 0) is 23.9 Å². The molecule has 1 saturated carbocycles. The van der Waals surface area contributed by atoms with E-state index in [1.807, 2.05) is 39.0 Å². The van der Waals surface area contributed by atoms with Gasteiger partial charge in [-0.3, -0.25) is 4.79 Å².